The number of rotatable bonds is 14. The largest absolute Gasteiger partial charge is 0.497 e. The predicted molar refractivity (Wildman–Crippen MR) is 327 cm³/mol. The molecule has 9 nitrogen and oxygen atoms in total. The van der Waals surface area contributed by atoms with Crippen LogP contribution in [0.25, 0.3) is 65.4 Å². The summed E-state index contributed by atoms with van der Waals surface area (Å²) in [4.78, 5) is 22.7. The van der Waals surface area contributed by atoms with Gasteiger partial charge in [-0.05, 0) is 120 Å². The van der Waals surface area contributed by atoms with Gasteiger partial charge in [0.25, 0.3) is 0 Å². The van der Waals surface area contributed by atoms with Gasteiger partial charge in [-0.15, -0.1) is 0 Å². The number of carbonyl (C=O) groups excluding carboxylic acids is 1. The van der Waals surface area contributed by atoms with E-state index in [2.05, 4.69) is 224 Å². The second-order valence-electron chi connectivity index (χ2n) is 22.7. The van der Waals surface area contributed by atoms with Gasteiger partial charge in [-0.2, -0.15) is 0 Å². The third-order valence-electron chi connectivity index (χ3n) is 18.1. The summed E-state index contributed by atoms with van der Waals surface area (Å²) in [6.45, 7) is 5.76. The van der Waals surface area contributed by atoms with Crippen LogP contribution in [0.5, 0.6) is 11.5 Å². The number of carbonyl (C=O) groups is 1. The quantitative estimate of drug-likeness (QED) is 0.109. The van der Waals surface area contributed by atoms with Gasteiger partial charge < -0.3 is 27.7 Å². The van der Waals surface area contributed by atoms with Crippen molar-refractivity contribution in [1.82, 2.24) is 28.1 Å². The number of aryl methyl sites for hydroxylation is 2. The van der Waals surface area contributed by atoms with Crippen molar-refractivity contribution in [2.75, 3.05) is 40.4 Å². The molecule has 80 heavy (non-hydrogen) atoms. The molecule has 6 heterocycles. The van der Waals surface area contributed by atoms with E-state index in [0.29, 0.717) is 12.1 Å². The van der Waals surface area contributed by atoms with Crippen molar-refractivity contribution in [2.45, 2.75) is 62.7 Å². The van der Waals surface area contributed by atoms with Crippen molar-refractivity contribution in [1.29, 1.82) is 0 Å². The lowest BCUT2D eigenvalue weighted by molar-refractivity contribution is -0.120. The number of para-hydroxylation sites is 4. The molecular formula is C71H68N6O3. The van der Waals surface area contributed by atoms with Gasteiger partial charge in [0.15, 0.2) is 5.78 Å². The summed E-state index contributed by atoms with van der Waals surface area (Å²) in [5, 5.41) is 6.91. The van der Waals surface area contributed by atoms with Crippen LogP contribution < -0.4 is 9.47 Å². The average molecular weight is 1050 g/mol. The Morgan fingerprint density at radius 2 is 0.787 bits per heavy atom. The van der Waals surface area contributed by atoms with Crippen LogP contribution in [0.2, 0.25) is 0 Å². The Morgan fingerprint density at radius 3 is 1.20 bits per heavy atom. The van der Waals surface area contributed by atoms with E-state index in [9.17, 15) is 0 Å². The number of benzene rings is 8. The summed E-state index contributed by atoms with van der Waals surface area (Å²) >= 11 is 0. The van der Waals surface area contributed by atoms with Crippen molar-refractivity contribution in [3.8, 4) is 11.5 Å². The minimum atomic E-state index is -0.629. The summed E-state index contributed by atoms with van der Waals surface area (Å²) < 4.78 is 20.9. The number of hydrogen-bond acceptors (Lipinski definition) is 5. The highest BCUT2D eigenvalue weighted by atomic mass is 16.5. The molecule has 14 rings (SSSR count). The molecule has 4 aromatic heterocycles. The zero-order valence-corrected chi connectivity index (χ0v) is 46.3. The fraction of sp³-hybridized carbons (Fsp3) is 0.254. The summed E-state index contributed by atoms with van der Waals surface area (Å²) in [5.74, 6) is 0.709. The van der Waals surface area contributed by atoms with E-state index < -0.39 is 11.8 Å². The fourth-order valence-electron chi connectivity index (χ4n) is 14.5. The van der Waals surface area contributed by atoms with E-state index >= 15 is 4.79 Å². The maximum atomic E-state index is 17.5. The zero-order valence-electron chi connectivity index (χ0n) is 46.3. The number of hydrogen-bond donors (Lipinski definition) is 0. The van der Waals surface area contributed by atoms with Crippen LogP contribution in [0.1, 0.15) is 83.0 Å². The van der Waals surface area contributed by atoms with Crippen LogP contribution >= 0.6 is 0 Å². The minimum absolute atomic E-state index is 0.170. The van der Waals surface area contributed by atoms with E-state index in [1.807, 2.05) is 12.1 Å². The molecule has 0 bridgehead atoms. The first kappa shape index (κ1) is 49.9. The molecule has 2 saturated heterocycles. The van der Waals surface area contributed by atoms with Gasteiger partial charge >= 0.3 is 0 Å². The van der Waals surface area contributed by atoms with E-state index in [1.165, 1.54) is 44.0 Å². The number of Topliss-reactive ketones (excluding diaryl/α,β-unsaturated/α-hetero) is 1. The Morgan fingerprint density at radius 1 is 0.425 bits per heavy atom. The maximum Gasteiger partial charge on any atom is 0.156 e. The van der Waals surface area contributed by atoms with E-state index in [0.717, 1.165) is 131 Å². The molecule has 0 radical (unpaired) electrons. The molecule has 2 fully saturated rings. The normalized spacial score (nSPS) is 15.9. The molecule has 12 aromatic rings. The highest BCUT2D eigenvalue weighted by Gasteiger charge is 2.39. The lowest BCUT2D eigenvalue weighted by atomic mass is 9.75. The Bertz CT molecular complexity index is 4020. The highest BCUT2D eigenvalue weighted by Crippen LogP contribution is 2.49. The summed E-state index contributed by atoms with van der Waals surface area (Å²) in [6, 6.07) is 66.3. The number of methoxy groups -OCH3 is 2. The molecule has 0 N–H and O–H groups in total. The maximum absolute atomic E-state index is 17.5. The van der Waals surface area contributed by atoms with Crippen LogP contribution in [-0.4, -0.2) is 74.3 Å². The Labute approximate surface area is 467 Å². The molecule has 2 aliphatic heterocycles. The van der Waals surface area contributed by atoms with Crippen LogP contribution in [0.4, 0.5) is 0 Å². The number of ether oxygens (including phenoxy) is 2. The lowest BCUT2D eigenvalue weighted by Crippen LogP contribution is -2.34. The number of likely N-dealkylation sites (tertiary alicyclic amines) is 2. The van der Waals surface area contributed by atoms with Crippen LogP contribution in [0, 0.1) is 0 Å². The Balaban J connectivity index is 0.926. The number of ketones is 1. The molecule has 400 valence electrons. The van der Waals surface area contributed by atoms with Gasteiger partial charge in [0.05, 0.1) is 26.1 Å². The second-order valence-corrected chi connectivity index (χ2v) is 22.7. The number of piperidine rings is 2. The Kier molecular flexibility index (Phi) is 12.9. The third-order valence-corrected chi connectivity index (χ3v) is 18.1. The first-order valence-corrected chi connectivity index (χ1v) is 28.7. The SMILES string of the molecule is COc1cccc(CN2CCC(n3c4ccccc4c4c(C(C(=O)C(c5cn(C)c6ccccc56)c5cccc6c5c5ccccc5n6C5CCN(Cc6cccc(OC)c6)CC5)c5cn(C)c6ccccc56)cccc43)CC2)c1. The standard InChI is InChI=1S/C71H68N6O3/c1-72-45-59(53-21-5-9-27-61(53)72)69(57-25-15-31-65-67(57)55-23-7-11-29-63(55)76(65)49-33-37-74(38-34-49)43-47-17-13-19-51(41-47)79-3)71(78)70(60-46-73(2)62-28-10-6-22-54(60)62)58-26-16-32-66-68(58)56-24-8-12-30-64(56)77(66)50-35-39-75(40-36-50)44-48-18-14-20-52(42-48)80-4/h5-32,41-42,45-46,49-50,69-70H,33-40,43-44H2,1-4H3. The van der Waals surface area contributed by atoms with Gasteiger partial charge in [-0.1, -0.05) is 121 Å². The van der Waals surface area contributed by atoms with Crippen molar-refractivity contribution in [3.05, 3.63) is 228 Å². The average Bonchev–Trinajstić information content (AvgIpc) is 4.26. The first-order chi connectivity index (χ1) is 39.3. The molecule has 2 atom stereocenters. The molecule has 2 aliphatic rings. The minimum Gasteiger partial charge on any atom is -0.497 e. The van der Waals surface area contributed by atoms with E-state index in [4.69, 9.17) is 9.47 Å². The fourth-order valence-corrected chi connectivity index (χ4v) is 14.5. The molecule has 8 aromatic carbocycles. The molecule has 9 heteroatoms. The van der Waals surface area contributed by atoms with Crippen molar-refractivity contribution in [3.63, 3.8) is 0 Å². The Hall–Kier alpha value is -8.37. The molecule has 0 spiro atoms. The van der Waals surface area contributed by atoms with Gasteiger partial charge in [-0.25, -0.2) is 0 Å². The second kappa shape index (κ2) is 20.7. The molecule has 0 saturated carbocycles. The van der Waals surface area contributed by atoms with Crippen LogP contribution in [0.3, 0.4) is 0 Å². The van der Waals surface area contributed by atoms with Gasteiger partial charge in [0, 0.05) is 143 Å². The molecule has 0 aliphatic carbocycles. The van der Waals surface area contributed by atoms with Crippen molar-refractivity contribution in [2.24, 2.45) is 14.1 Å². The predicted octanol–water partition coefficient (Wildman–Crippen LogP) is 15.1. The number of nitrogens with zero attached hydrogens (tertiary/aromatic N) is 6. The lowest BCUT2D eigenvalue weighted by Gasteiger charge is -2.33. The number of fused-ring (bicyclic) bond motifs is 8. The first-order valence-electron chi connectivity index (χ1n) is 28.7. The zero-order chi connectivity index (χ0) is 54.0. The smallest absolute Gasteiger partial charge is 0.156 e. The van der Waals surface area contributed by atoms with Crippen LogP contribution in [0.15, 0.2) is 194 Å². The summed E-state index contributed by atoms with van der Waals surface area (Å²) in [7, 11) is 7.73. The van der Waals surface area contributed by atoms with Crippen LogP contribution in [-0.2, 0) is 32.0 Å². The van der Waals surface area contributed by atoms with Crippen molar-refractivity contribution >= 4 is 71.2 Å². The molecule has 0 amide bonds. The highest BCUT2D eigenvalue weighted by molar-refractivity contribution is 6.16. The van der Waals surface area contributed by atoms with E-state index in [1.54, 1.807) is 14.2 Å². The summed E-state index contributed by atoms with van der Waals surface area (Å²) in [5.41, 5.74) is 13.7. The molecular weight excluding hydrogens is 985 g/mol. The number of aromatic nitrogens is 4. The van der Waals surface area contributed by atoms with Crippen molar-refractivity contribution < 1.29 is 14.3 Å². The van der Waals surface area contributed by atoms with E-state index in [-0.39, 0.29) is 5.78 Å². The van der Waals surface area contributed by atoms with Gasteiger partial charge in [0.2, 0.25) is 0 Å². The monoisotopic (exact) mass is 1050 g/mol. The van der Waals surface area contributed by atoms with Gasteiger partial charge in [-0.3, -0.25) is 14.6 Å². The molecule has 2 unspecified atom stereocenters. The summed E-state index contributed by atoms with van der Waals surface area (Å²) in [6.07, 6.45) is 8.59. The third kappa shape index (κ3) is 8.57. The van der Waals surface area contributed by atoms with Gasteiger partial charge in [0.1, 0.15) is 11.5 Å². The topological polar surface area (TPSA) is 61.7 Å².